The summed E-state index contributed by atoms with van der Waals surface area (Å²) in [6.45, 7) is 0. The molecule has 0 bridgehead atoms. The van der Waals surface area contributed by atoms with E-state index in [1.807, 2.05) is 53.9 Å². The fourth-order valence-corrected chi connectivity index (χ4v) is 2.89. The van der Waals surface area contributed by atoms with Crippen LogP contribution in [-0.4, -0.2) is 18.0 Å². The number of amides is 1. The number of ether oxygens (including phenoxy) is 1. The van der Waals surface area contributed by atoms with Crippen LogP contribution in [0.4, 0.5) is 16.5 Å². The summed E-state index contributed by atoms with van der Waals surface area (Å²) >= 11 is 1.48. The quantitative estimate of drug-likeness (QED) is 0.710. The van der Waals surface area contributed by atoms with Crippen LogP contribution in [0.15, 0.2) is 60.0 Å². The summed E-state index contributed by atoms with van der Waals surface area (Å²) in [4.78, 5) is 16.6. The summed E-state index contributed by atoms with van der Waals surface area (Å²) in [5.41, 5.74) is 2.41. The summed E-state index contributed by atoms with van der Waals surface area (Å²) in [6, 6.07) is 17.1. The van der Waals surface area contributed by atoms with Gasteiger partial charge in [0.2, 0.25) is 5.91 Å². The molecule has 1 heterocycles. The molecule has 0 spiro atoms. The van der Waals surface area contributed by atoms with Crippen molar-refractivity contribution < 1.29 is 9.53 Å². The molecule has 3 rings (SSSR count). The molecule has 24 heavy (non-hydrogen) atoms. The molecule has 0 saturated carbocycles. The molecule has 1 aromatic heterocycles. The smallest absolute Gasteiger partial charge is 0.230 e. The first-order valence-corrected chi connectivity index (χ1v) is 8.31. The minimum atomic E-state index is -0.111. The fourth-order valence-electron chi connectivity index (χ4n) is 2.16. The van der Waals surface area contributed by atoms with Crippen molar-refractivity contribution in [3.8, 4) is 5.75 Å². The standard InChI is InChI=1S/C18H17N3O2S/c1-23-16-9-5-8-14(10-16)19-17(22)11-15-12-24-18(21-15)20-13-6-3-2-4-7-13/h2-10,12H,11H2,1H3,(H,19,22)(H,20,21). The van der Waals surface area contributed by atoms with E-state index in [0.29, 0.717) is 11.4 Å². The Bertz CT molecular complexity index is 818. The number of thiazole rings is 1. The Hall–Kier alpha value is -2.86. The molecule has 0 aliphatic carbocycles. The summed E-state index contributed by atoms with van der Waals surface area (Å²) in [5, 5.41) is 8.73. The number of hydrogen-bond acceptors (Lipinski definition) is 5. The maximum atomic E-state index is 12.1. The van der Waals surface area contributed by atoms with E-state index in [1.165, 1.54) is 11.3 Å². The van der Waals surface area contributed by atoms with Crippen molar-refractivity contribution in [3.63, 3.8) is 0 Å². The lowest BCUT2D eigenvalue weighted by atomic mass is 10.2. The molecule has 5 nitrogen and oxygen atoms in total. The Balaban J connectivity index is 1.58. The molecule has 1 amide bonds. The first-order valence-electron chi connectivity index (χ1n) is 7.43. The molecule has 0 aliphatic heterocycles. The first-order chi connectivity index (χ1) is 11.7. The fraction of sp³-hybridized carbons (Fsp3) is 0.111. The largest absolute Gasteiger partial charge is 0.497 e. The molecule has 6 heteroatoms. The number of para-hydroxylation sites is 1. The van der Waals surface area contributed by atoms with E-state index in [0.717, 1.165) is 16.5 Å². The molecule has 0 saturated heterocycles. The van der Waals surface area contributed by atoms with Crippen molar-refractivity contribution in [2.24, 2.45) is 0 Å². The van der Waals surface area contributed by atoms with Gasteiger partial charge in [0.25, 0.3) is 0 Å². The average Bonchev–Trinajstić information content (AvgIpc) is 3.02. The molecule has 0 unspecified atom stereocenters. The van der Waals surface area contributed by atoms with E-state index >= 15 is 0 Å². The average molecular weight is 339 g/mol. The molecule has 122 valence electrons. The second kappa shape index (κ2) is 7.61. The molecule has 0 aliphatic rings. The summed E-state index contributed by atoms with van der Waals surface area (Å²) < 4.78 is 5.14. The zero-order valence-corrected chi connectivity index (χ0v) is 14.0. The van der Waals surface area contributed by atoms with Gasteiger partial charge >= 0.3 is 0 Å². The Morgan fingerprint density at radius 3 is 2.71 bits per heavy atom. The zero-order chi connectivity index (χ0) is 16.8. The number of nitrogens with one attached hydrogen (secondary N) is 2. The van der Waals surface area contributed by atoms with Gasteiger partial charge < -0.3 is 15.4 Å². The van der Waals surface area contributed by atoms with Gasteiger partial charge in [-0.15, -0.1) is 11.3 Å². The number of methoxy groups -OCH3 is 1. The third-order valence-electron chi connectivity index (χ3n) is 3.27. The van der Waals surface area contributed by atoms with Gasteiger partial charge in [-0.25, -0.2) is 4.98 Å². The lowest BCUT2D eigenvalue weighted by Crippen LogP contribution is -2.14. The van der Waals surface area contributed by atoms with Gasteiger partial charge in [0, 0.05) is 22.8 Å². The van der Waals surface area contributed by atoms with E-state index in [4.69, 9.17) is 4.74 Å². The molecule has 3 aromatic rings. The topological polar surface area (TPSA) is 63.2 Å². The Morgan fingerprint density at radius 1 is 1.12 bits per heavy atom. The lowest BCUT2D eigenvalue weighted by Gasteiger charge is -2.06. The number of carbonyl (C=O) groups is 1. The Morgan fingerprint density at radius 2 is 1.92 bits per heavy atom. The normalized spacial score (nSPS) is 10.2. The van der Waals surface area contributed by atoms with Gasteiger partial charge in [0.15, 0.2) is 5.13 Å². The number of benzene rings is 2. The van der Waals surface area contributed by atoms with Crippen molar-refractivity contribution in [1.82, 2.24) is 4.98 Å². The number of hydrogen-bond donors (Lipinski definition) is 2. The predicted molar refractivity (Wildman–Crippen MR) is 97.2 cm³/mol. The second-order valence-electron chi connectivity index (χ2n) is 5.09. The summed E-state index contributed by atoms with van der Waals surface area (Å²) in [7, 11) is 1.59. The van der Waals surface area contributed by atoms with Crippen LogP contribution in [-0.2, 0) is 11.2 Å². The third kappa shape index (κ3) is 4.33. The Labute approximate surface area is 144 Å². The minimum Gasteiger partial charge on any atom is -0.497 e. The van der Waals surface area contributed by atoms with Crippen LogP contribution in [0.25, 0.3) is 0 Å². The second-order valence-corrected chi connectivity index (χ2v) is 5.95. The zero-order valence-electron chi connectivity index (χ0n) is 13.2. The van der Waals surface area contributed by atoms with E-state index in [2.05, 4.69) is 15.6 Å². The number of aromatic nitrogens is 1. The van der Waals surface area contributed by atoms with E-state index in [9.17, 15) is 4.79 Å². The third-order valence-corrected chi connectivity index (χ3v) is 4.08. The molecule has 0 atom stereocenters. The van der Waals surface area contributed by atoms with Crippen molar-refractivity contribution in [1.29, 1.82) is 0 Å². The number of anilines is 3. The Kier molecular flexibility index (Phi) is 5.08. The SMILES string of the molecule is COc1cccc(NC(=O)Cc2csc(Nc3ccccc3)n2)c1. The highest BCUT2D eigenvalue weighted by Crippen LogP contribution is 2.21. The molecule has 2 aromatic carbocycles. The van der Waals surface area contributed by atoms with Crippen LogP contribution in [0.1, 0.15) is 5.69 Å². The molecule has 0 radical (unpaired) electrons. The van der Waals surface area contributed by atoms with Crippen molar-refractivity contribution in [2.45, 2.75) is 6.42 Å². The monoisotopic (exact) mass is 339 g/mol. The van der Waals surface area contributed by atoms with Crippen molar-refractivity contribution >= 4 is 33.8 Å². The van der Waals surface area contributed by atoms with E-state index in [1.54, 1.807) is 13.2 Å². The number of nitrogens with zero attached hydrogens (tertiary/aromatic N) is 1. The van der Waals surface area contributed by atoms with Crippen LogP contribution < -0.4 is 15.4 Å². The van der Waals surface area contributed by atoms with Gasteiger partial charge in [0.1, 0.15) is 5.75 Å². The molecular formula is C18H17N3O2S. The number of carbonyl (C=O) groups excluding carboxylic acids is 1. The molecular weight excluding hydrogens is 322 g/mol. The number of rotatable bonds is 6. The van der Waals surface area contributed by atoms with E-state index < -0.39 is 0 Å². The first kappa shape index (κ1) is 16.0. The van der Waals surface area contributed by atoms with Crippen LogP contribution in [0.5, 0.6) is 5.75 Å². The predicted octanol–water partition coefficient (Wildman–Crippen LogP) is 4.08. The van der Waals surface area contributed by atoms with Gasteiger partial charge in [-0.05, 0) is 24.3 Å². The summed E-state index contributed by atoms with van der Waals surface area (Å²) in [6.07, 6.45) is 0.226. The van der Waals surface area contributed by atoms with Crippen LogP contribution in [0.3, 0.4) is 0 Å². The molecule has 0 fully saturated rings. The van der Waals surface area contributed by atoms with Crippen LogP contribution in [0, 0.1) is 0 Å². The van der Waals surface area contributed by atoms with Crippen LogP contribution in [0.2, 0.25) is 0 Å². The van der Waals surface area contributed by atoms with Gasteiger partial charge in [-0.2, -0.15) is 0 Å². The lowest BCUT2D eigenvalue weighted by molar-refractivity contribution is -0.115. The van der Waals surface area contributed by atoms with E-state index in [-0.39, 0.29) is 12.3 Å². The van der Waals surface area contributed by atoms with Crippen LogP contribution >= 0.6 is 11.3 Å². The maximum Gasteiger partial charge on any atom is 0.230 e. The summed E-state index contributed by atoms with van der Waals surface area (Å²) in [5.74, 6) is 0.593. The minimum absolute atomic E-state index is 0.111. The highest BCUT2D eigenvalue weighted by atomic mass is 32.1. The maximum absolute atomic E-state index is 12.1. The highest BCUT2D eigenvalue weighted by Gasteiger charge is 2.09. The van der Waals surface area contributed by atoms with Crippen molar-refractivity contribution in [3.05, 3.63) is 65.7 Å². The van der Waals surface area contributed by atoms with Gasteiger partial charge in [-0.1, -0.05) is 24.3 Å². The van der Waals surface area contributed by atoms with Gasteiger partial charge in [0.05, 0.1) is 19.2 Å². The molecule has 2 N–H and O–H groups in total. The highest BCUT2D eigenvalue weighted by molar-refractivity contribution is 7.13. The van der Waals surface area contributed by atoms with Crippen molar-refractivity contribution in [2.75, 3.05) is 17.7 Å². The van der Waals surface area contributed by atoms with Gasteiger partial charge in [-0.3, -0.25) is 4.79 Å².